The van der Waals surface area contributed by atoms with Crippen molar-refractivity contribution in [2.45, 2.75) is 62.5 Å². The van der Waals surface area contributed by atoms with Gasteiger partial charge in [-0.15, -0.1) is 11.3 Å². The Morgan fingerprint density at radius 1 is 1.23 bits per heavy atom. The molecule has 9 heteroatoms. The molecule has 0 radical (unpaired) electrons. The standard InChI is InChI=1S/C30H33N3O3S2.H2O/c1-3-38(35)26-10-8-25(32-20-26)9-11-27(34)28-18-24-12-17-36-30(29(24)37-28)13-15-33(16-14-30)21(2)23-6-4-22(19-31)5-7-23;/h4-8,10,18,20-21H,3,9,11-17H2,1-2H3;1H2. The first-order chi connectivity index (χ1) is 18.4. The van der Waals surface area contributed by atoms with Crippen molar-refractivity contribution >= 4 is 27.9 Å². The lowest BCUT2D eigenvalue weighted by Gasteiger charge is -2.45. The Hall–Kier alpha value is -2.74. The number of Topliss-reactive ketones (excluding diaryl/α,β-unsaturated/α-hetero) is 1. The Morgan fingerprint density at radius 3 is 2.62 bits per heavy atom. The van der Waals surface area contributed by atoms with Crippen LogP contribution in [0.5, 0.6) is 0 Å². The molecular weight excluding hydrogens is 530 g/mol. The van der Waals surface area contributed by atoms with Crippen molar-refractivity contribution in [1.82, 2.24) is 9.88 Å². The highest BCUT2D eigenvalue weighted by molar-refractivity contribution is 7.85. The second kappa shape index (κ2) is 12.6. The minimum atomic E-state index is -1.01. The van der Waals surface area contributed by atoms with Gasteiger partial charge in [-0.3, -0.25) is 18.9 Å². The Morgan fingerprint density at radius 2 is 1.97 bits per heavy atom. The molecule has 0 amide bonds. The van der Waals surface area contributed by atoms with Gasteiger partial charge in [-0.05, 0) is 74.1 Å². The van der Waals surface area contributed by atoms with Gasteiger partial charge in [0.1, 0.15) is 5.60 Å². The lowest BCUT2D eigenvalue weighted by molar-refractivity contribution is -0.0994. The van der Waals surface area contributed by atoms with E-state index in [-0.39, 0.29) is 22.9 Å². The summed E-state index contributed by atoms with van der Waals surface area (Å²) >= 11 is 1.62. The zero-order valence-electron chi connectivity index (χ0n) is 22.4. The number of aryl methyl sites for hydroxylation is 1. The first-order valence-corrected chi connectivity index (χ1v) is 15.4. The molecule has 0 bridgehead atoms. The Labute approximate surface area is 236 Å². The van der Waals surface area contributed by atoms with Crippen molar-refractivity contribution in [1.29, 1.82) is 5.26 Å². The molecule has 1 spiro atoms. The molecule has 2 N–H and O–H groups in total. The van der Waals surface area contributed by atoms with Crippen LogP contribution in [0.15, 0.2) is 53.6 Å². The van der Waals surface area contributed by atoms with E-state index in [1.54, 1.807) is 17.5 Å². The second-order valence-corrected chi connectivity index (χ2v) is 12.8. The third kappa shape index (κ3) is 6.21. The normalized spacial score (nSPS) is 18.0. The number of carbonyl (C=O) groups excluding carboxylic acids is 1. The van der Waals surface area contributed by atoms with Gasteiger partial charge < -0.3 is 10.2 Å². The molecule has 0 saturated carbocycles. The molecule has 2 aromatic heterocycles. The summed E-state index contributed by atoms with van der Waals surface area (Å²) in [6.45, 7) is 6.65. The van der Waals surface area contributed by atoms with E-state index >= 15 is 0 Å². The summed E-state index contributed by atoms with van der Waals surface area (Å²) in [5.41, 5.74) is 3.72. The number of carbonyl (C=O) groups is 1. The topological polar surface area (TPSA) is 115 Å². The van der Waals surface area contributed by atoms with Crippen molar-refractivity contribution in [3.05, 3.63) is 80.8 Å². The van der Waals surface area contributed by atoms with Gasteiger partial charge >= 0.3 is 0 Å². The Bertz CT molecular complexity index is 1350. The lowest BCUT2D eigenvalue weighted by Crippen LogP contribution is -2.46. The summed E-state index contributed by atoms with van der Waals surface area (Å²) < 4.78 is 18.4. The van der Waals surface area contributed by atoms with Crippen LogP contribution in [0.4, 0.5) is 0 Å². The van der Waals surface area contributed by atoms with E-state index in [0.717, 1.165) is 47.8 Å². The number of aromatic nitrogens is 1. The average Bonchev–Trinajstić information content (AvgIpc) is 3.42. The number of benzene rings is 1. The number of ether oxygens (including phenoxy) is 1. The maximum Gasteiger partial charge on any atom is 0.173 e. The van der Waals surface area contributed by atoms with E-state index in [2.05, 4.69) is 41.1 Å². The Kier molecular flexibility index (Phi) is 9.47. The third-order valence-electron chi connectivity index (χ3n) is 7.85. The van der Waals surface area contributed by atoms with Crippen LogP contribution in [-0.2, 0) is 34.0 Å². The van der Waals surface area contributed by atoms with Crippen molar-refractivity contribution in [2.24, 2.45) is 0 Å². The van der Waals surface area contributed by atoms with Crippen LogP contribution < -0.4 is 0 Å². The molecule has 1 aromatic carbocycles. The molecule has 1 fully saturated rings. The SMILES string of the molecule is CCS(=O)c1ccc(CCC(=O)c2cc3c(s2)C2(CCN(C(C)c4ccc(C#N)cc4)CC2)OCC3)nc1.O. The van der Waals surface area contributed by atoms with Crippen LogP contribution in [0.3, 0.4) is 0 Å². The number of piperidine rings is 1. The molecular formula is C30H35N3O4S2. The van der Waals surface area contributed by atoms with E-state index in [1.165, 1.54) is 16.0 Å². The van der Waals surface area contributed by atoms with Gasteiger partial charge in [0.15, 0.2) is 5.78 Å². The number of hydrogen-bond donors (Lipinski definition) is 0. The maximum absolute atomic E-state index is 13.1. The van der Waals surface area contributed by atoms with Crippen LogP contribution in [0.25, 0.3) is 0 Å². The van der Waals surface area contributed by atoms with Crippen LogP contribution >= 0.6 is 11.3 Å². The minimum absolute atomic E-state index is 0. The van der Waals surface area contributed by atoms with E-state index < -0.39 is 10.8 Å². The second-order valence-electron chi connectivity index (χ2n) is 10.0. The molecule has 5 rings (SSSR count). The number of rotatable bonds is 8. The molecule has 4 heterocycles. The largest absolute Gasteiger partial charge is 0.412 e. The summed E-state index contributed by atoms with van der Waals surface area (Å²) in [5.74, 6) is 0.719. The van der Waals surface area contributed by atoms with Gasteiger partial charge in [0, 0.05) is 48.1 Å². The molecule has 3 aromatic rings. The Balaban J connectivity index is 0.00000353. The lowest BCUT2D eigenvalue weighted by atomic mass is 9.84. The molecule has 2 aliphatic heterocycles. The number of hydrogen-bond acceptors (Lipinski definition) is 7. The number of thiophene rings is 1. The monoisotopic (exact) mass is 565 g/mol. The molecule has 1 saturated heterocycles. The van der Waals surface area contributed by atoms with E-state index in [9.17, 15) is 9.00 Å². The van der Waals surface area contributed by atoms with Crippen LogP contribution in [-0.4, -0.2) is 50.8 Å². The molecule has 0 aliphatic carbocycles. The van der Waals surface area contributed by atoms with E-state index in [1.807, 2.05) is 31.2 Å². The molecule has 2 unspecified atom stereocenters. The highest BCUT2D eigenvalue weighted by Gasteiger charge is 2.43. The van der Waals surface area contributed by atoms with Crippen molar-refractivity contribution in [3.63, 3.8) is 0 Å². The first-order valence-electron chi connectivity index (χ1n) is 13.3. The maximum atomic E-state index is 13.1. The quantitative estimate of drug-likeness (QED) is 0.364. The molecule has 39 heavy (non-hydrogen) atoms. The smallest absolute Gasteiger partial charge is 0.173 e. The number of likely N-dealkylation sites (tertiary alicyclic amines) is 1. The summed E-state index contributed by atoms with van der Waals surface area (Å²) in [7, 11) is -1.01. The number of nitriles is 1. The predicted octanol–water partition coefficient (Wildman–Crippen LogP) is 4.76. The van der Waals surface area contributed by atoms with Crippen LogP contribution in [0, 0.1) is 11.3 Å². The molecule has 2 atom stereocenters. The number of ketones is 1. The fourth-order valence-electron chi connectivity index (χ4n) is 5.48. The van der Waals surface area contributed by atoms with Gasteiger partial charge in [-0.25, -0.2) is 0 Å². The molecule has 206 valence electrons. The predicted molar refractivity (Wildman–Crippen MR) is 153 cm³/mol. The zero-order chi connectivity index (χ0) is 26.7. The van der Waals surface area contributed by atoms with Gasteiger partial charge in [0.05, 0.1) is 38.8 Å². The fourth-order valence-corrected chi connectivity index (χ4v) is 7.58. The number of nitrogens with zero attached hydrogens (tertiary/aromatic N) is 3. The number of fused-ring (bicyclic) bond motifs is 2. The highest BCUT2D eigenvalue weighted by Crippen LogP contribution is 2.46. The van der Waals surface area contributed by atoms with Crippen molar-refractivity contribution < 1.29 is 19.2 Å². The van der Waals surface area contributed by atoms with Crippen LogP contribution in [0.1, 0.15) is 76.1 Å². The van der Waals surface area contributed by atoms with Gasteiger partial charge in [0.2, 0.25) is 0 Å². The summed E-state index contributed by atoms with van der Waals surface area (Å²) in [6, 6.07) is 16.2. The average molecular weight is 566 g/mol. The fraction of sp³-hybridized carbons (Fsp3) is 0.433. The van der Waals surface area contributed by atoms with Gasteiger partial charge in [-0.2, -0.15) is 5.26 Å². The van der Waals surface area contributed by atoms with Crippen LogP contribution in [0.2, 0.25) is 0 Å². The highest BCUT2D eigenvalue weighted by atomic mass is 32.2. The van der Waals surface area contributed by atoms with E-state index in [4.69, 9.17) is 10.00 Å². The zero-order valence-corrected chi connectivity index (χ0v) is 24.1. The summed E-state index contributed by atoms with van der Waals surface area (Å²) in [6.07, 6.45) is 5.31. The van der Waals surface area contributed by atoms with Gasteiger partial charge in [0.25, 0.3) is 0 Å². The molecule has 7 nitrogen and oxygen atoms in total. The van der Waals surface area contributed by atoms with E-state index in [0.29, 0.717) is 30.8 Å². The minimum Gasteiger partial charge on any atom is -0.412 e. The van der Waals surface area contributed by atoms with Gasteiger partial charge in [-0.1, -0.05) is 19.1 Å². The summed E-state index contributed by atoms with van der Waals surface area (Å²) in [4.78, 5) is 22.8. The van der Waals surface area contributed by atoms with Crippen molar-refractivity contribution in [2.75, 3.05) is 25.4 Å². The molecule has 2 aliphatic rings. The summed E-state index contributed by atoms with van der Waals surface area (Å²) in [5, 5.41) is 9.08. The first kappa shape index (κ1) is 29.2. The number of pyridine rings is 1. The third-order valence-corrected chi connectivity index (χ3v) is 10.5. The van der Waals surface area contributed by atoms with Crippen molar-refractivity contribution in [3.8, 4) is 6.07 Å².